The van der Waals surface area contributed by atoms with Gasteiger partial charge in [-0.1, -0.05) is 103 Å². The maximum Gasteiger partial charge on any atom is 0.180 e. The van der Waals surface area contributed by atoms with Crippen molar-refractivity contribution in [1.82, 2.24) is 15.0 Å². The molecule has 0 N–H and O–H groups in total. The molecule has 4 heteroatoms. The highest BCUT2D eigenvalue weighted by Gasteiger charge is 2.20. The summed E-state index contributed by atoms with van der Waals surface area (Å²) in [6, 6.07) is 44.7. The molecule has 0 bridgehead atoms. The highest BCUT2D eigenvalue weighted by Crippen LogP contribution is 2.43. The topological polar surface area (TPSA) is 38.7 Å². The first-order chi connectivity index (χ1) is 20.3. The van der Waals surface area contributed by atoms with Crippen molar-refractivity contribution in [2.75, 3.05) is 0 Å². The fourth-order valence-electron chi connectivity index (χ4n) is 6.21. The van der Waals surface area contributed by atoms with Crippen molar-refractivity contribution in [3.63, 3.8) is 0 Å². The molecule has 6 aromatic carbocycles. The van der Waals surface area contributed by atoms with Crippen molar-refractivity contribution in [3.8, 4) is 22.8 Å². The van der Waals surface area contributed by atoms with Crippen LogP contribution >= 0.6 is 11.3 Å². The van der Waals surface area contributed by atoms with Gasteiger partial charge in [-0.05, 0) is 29.7 Å². The lowest BCUT2D eigenvalue weighted by molar-refractivity contribution is 1.21. The summed E-state index contributed by atoms with van der Waals surface area (Å²) in [4.78, 5) is 15.8. The van der Waals surface area contributed by atoms with Crippen LogP contribution in [0.2, 0.25) is 0 Å². The summed E-state index contributed by atoms with van der Waals surface area (Å²) >= 11 is 1.84. The molecule has 0 saturated carbocycles. The second-order valence-electron chi connectivity index (χ2n) is 10.4. The lowest BCUT2D eigenvalue weighted by Crippen LogP contribution is -1.99. The monoisotopic (exact) mass is 539 g/mol. The molecule has 0 unspecified atom stereocenters. The van der Waals surface area contributed by atoms with E-state index in [-0.39, 0.29) is 0 Å². The molecule has 3 heterocycles. The van der Waals surface area contributed by atoms with Crippen molar-refractivity contribution >= 4 is 74.9 Å². The number of fused-ring (bicyclic) bond motifs is 10. The van der Waals surface area contributed by atoms with Crippen LogP contribution in [0, 0.1) is 0 Å². The molecule has 0 aliphatic rings. The second-order valence-corrected chi connectivity index (χ2v) is 11.5. The van der Waals surface area contributed by atoms with Crippen LogP contribution in [0.4, 0.5) is 0 Å². The lowest BCUT2D eigenvalue weighted by atomic mass is 9.98. The van der Waals surface area contributed by atoms with E-state index < -0.39 is 0 Å². The van der Waals surface area contributed by atoms with Crippen LogP contribution < -0.4 is 0 Å². The van der Waals surface area contributed by atoms with Gasteiger partial charge in [-0.25, -0.2) is 15.0 Å². The van der Waals surface area contributed by atoms with E-state index in [0.29, 0.717) is 5.82 Å². The highest BCUT2D eigenvalue weighted by atomic mass is 32.1. The maximum atomic E-state index is 5.28. The average Bonchev–Trinajstić information content (AvgIpc) is 3.43. The quantitative estimate of drug-likeness (QED) is 0.205. The number of thiophene rings is 1. The molecular formula is C37H21N3S. The van der Waals surface area contributed by atoms with Gasteiger partial charge in [0, 0.05) is 52.7 Å². The second kappa shape index (κ2) is 8.65. The van der Waals surface area contributed by atoms with Crippen molar-refractivity contribution in [1.29, 1.82) is 0 Å². The summed E-state index contributed by atoms with van der Waals surface area (Å²) in [6.07, 6.45) is 0. The molecule has 41 heavy (non-hydrogen) atoms. The third kappa shape index (κ3) is 3.35. The number of hydrogen-bond acceptors (Lipinski definition) is 4. The summed E-state index contributed by atoms with van der Waals surface area (Å²) in [5.41, 5.74) is 4.68. The molecule has 0 fully saturated rings. The van der Waals surface area contributed by atoms with Gasteiger partial charge in [0.2, 0.25) is 0 Å². The standard InChI is InChI=1S/C37H21N3S/c1-2-11-23(12-3-1)34-28-19-18-22-10-4-5-13-24(22)35(28)40-37(39-34)36-27-20-21-31-33(26-15-7-9-17-30(26)41-31)32(27)25-14-6-8-16-29(25)38-36/h1-21H. The van der Waals surface area contributed by atoms with E-state index in [0.717, 1.165) is 54.9 Å². The maximum absolute atomic E-state index is 5.28. The van der Waals surface area contributed by atoms with Crippen LogP contribution in [0.5, 0.6) is 0 Å². The van der Waals surface area contributed by atoms with E-state index in [1.165, 1.54) is 25.6 Å². The zero-order chi connectivity index (χ0) is 26.9. The first kappa shape index (κ1) is 22.6. The Kier molecular flexibility index (Phi) is 4.77. The predicted molar refractivity (Wildman–Crippen MR) is 174 cm³/mol. The molecule has 0 atom stereocenters. The minimum atomic E-state index is 0.641. The summed E-state index contributed by atoms with van der Waals surface area (Å²) in [6.45, 7) is 0. The van der Waals surface area contributed by atoms with Gasteiger partial charge in [0.1, 0.15) is 5.69 Å². The van der Waals surface area contributed by atoms with E-state index in [1.54, 1.807) is 0 Å². The fourth-order valence-corrected chi connectivity index (χ4v) is 7.33. The minimum absolute atomic E-state index is 0.641. The smallest absolute Gasteiger partial charge is 0.180 e. The molecule has 0 amide bonds. The van der Waals surface area contributed by atoms with Crippen molar-refractivity contribution in [2.24, 2.45) is 0 Å². The first-order valence-electron chi connectivity index (χ1n) is 13.7. The molecule has 9 rings (SSSR count). The number of aromatic nitrogens is 3. The van der Waals surface area contributed by atoms with Crippen LogP contribution in [-0.2, 0) is 0 Å². The van der Waals surface area contributed by atoms with Gasteiger partial charge in [-0.2, -0.15) is 0 Å². The van der Waals surface area contributed by atoms with Crippen LogP contribution in [0.25, 0.3) is 86.3 Å². The highest BCUT2D eigenvalue weighted by molar-refractivity contribution is 7.26. The Morgan fingerprint density at radius 1 is 0.415 bits per heavy atom. The van der Waals surface area contributed by atoms with Crippen LogP contribution in [0.3, 0.4) is 0 Å². The van der Waals surface area contributed by atoms with E-state index >= 15 is 0 Å². The van der Waals surface area contributed by atoms with Crippen LogP contribution in [0.15, 0.2) is 127 Å². The molecule has 190 valence electrons. The van der Waals surface area contributed by atoms with E-state index in [9.17, 15) is 0 Å². The molecule has 3 nitrogen and oxygen atoms in total. The van der Waals surface area contributed by atoms with Gasteiger partial charge in [0.25, 0.3) is 0 Å². The fraction of sp³-hybridized carbons (Fsp3) is 0. The Hall–Kier alpha value is -5.19. The van der Waals surface area contributed by atoms with Gasteiger partial charge < -0.3 is 0 Å². The molecule has 0 aliphatic carbocycles. The molecule has 0 radical (unpaired) electrons. The Morgan fingerprint density at radius 2 is 1.15 bits per heavy atom. The van der Waals surface area contributed by atoms with Gasteiger partial charge in [-0.15, -0.1) is 11.3 Å². The first-order valence-corrected chi connectivity index (χ1v) is 14.5. The summed E-state index contributed by atoms with van der Waals surface area (Å²) in [5, 5.41) is 9.29. The van der Waals surface area contributed by atoms with Crippen LogP contribution in [-0.4, -0.2) is 15.0 Å². The molecular weight excluding hydrogens is 518 g/mol. The molecule has 3 aromatic heterocycles. The Balaban J connectivity index is 1.47. The zero-order valence-electron chi connectivity index (χ0n) is 21.9. The molecule has 0 saturated heterocycles. The van der Waals surface area contributed by atoms with Crippen LogP contribution in [0.1, 0.15) is 0 Å². The van der Waals surface area contributed by atoms with Gasteiger partial charge in [0.05, 0.1) is 16.7 Å². The number of para-hydroxylation sites is 1. The third-order valence-electron chi connectivity index (χ3n) is 8.05. The number of benzene rings is 6. The lowest BCUT2D eigenvalue weighted by Gasteiger charge is -2.14. The van der Waals surface area contributed by atoms with Crippen molar-refractivity contribution < 1.29 is 0 Å². The van der Waals surface area contributed by atoms with Gasteiger partial charge in [0.15, 0.2) is 5.82 Å². The number of nitrogens with zero attached hydrogens (tertiary/aromatic N) is 3. The Morgan fingerprint density at radius 3 is 2.05 bits per heavy atom. The normalized spacial score (nSPS) is 11.9. The Bertz CT molecular complexity index is 2480. The molecule has 9 aromatic rings. The van der Waals surface area contributed by atoms with Crippen molar-refractivity contribution in [3.05, 3.63) is 127 Å². The zero-order valence-corrected chi connectivity index (χ0v) is 22.7. The largest absolute Gasteiger partial charge is 0.244 e. The van der Waals surface area contributed by atoms with Crippen molar-refractivity contribution in [2.45, 2.75) is 0 Å². The van der Waals surface area contributed by atoms with E-state index in [4.69, 9.17) is 15.0 Å². The number of rotatable bonds is 2. The predicted octanol–water partition coefficient (Wildman–Crippen LogP) is 10.2. The van der Waals surface area contributed by atoms with Gasteiger partial charge >= 0.3 is 0 Å². The van der Waals surface area contributed by atoms with Gasteiger partial charge in [-0.3, -0.25) is 0 Å². The minimum Gasteiger partial charge on any atom is -0.244 e. The number of pyridine rings is 1. The Labute approximate surface area is 239 Å². The average molecular weight is 540 g/mol. The molecule has 0 spiro atoms. The SMILES string of the molecule is c1ccc(-c2nc(-c3nc4ccccc4c4c3ccc3sc5ccccc5c34)nc3c2ccc2ccccc23)cc1. The molecule has 0 aliphatic heterocycles. The summed E-state index contributed by atoms with van der Waals surface area (Å²) < 4.78 is 2.56. The van der Waals surface area contributed by atoms with E-state index in [1.807, 2.05) is 17.4 Å². The van der Waals surface area contributed by atoms with E-state index in [2.05, 4.69) is 121 Å². The summed E-state index contributed by atoms with van der Waals surface area (Å²) in [5.74, 6) is 0.641. The summed E-state index contributed by atoms with van der Waals surface area (Å²) in [7, 11) is 0. The third-order valence-corrected chi connectivity index (χ3v) is 9.19. The number of hydrogen-bond donors (Lipinski definition) is 0.